The van der Waals surface area contributed by atoms with Crippen LogP contribution in [0.25, 0.3) is 0 Å². The van der Waals surface area contributed by atoms with Gasteiger partial charge in [0, 0.05) is 6.54 Å². The summed E-state index contributed by atoms with van der Waals surface area (Å²) in [6.07, 6.45) is 0. The minimum Gasteiger partial charge on any atom is -0.465 e. The van der Waals surface area contributed by atoms with Crippen LogP contribution < -0.4 is 5.73 Å². The van der Waals surface area contributed by atoms with E-state index in [9.17, 15) is 4.79 Å². The molecule has 0 aliphatic carbocycles. The van der Waals surface area contributed by atoms with Gasteiger partial charge in [-0.05, 0) is 0 Å². The van der Waals surface area contributed by atoms with Crippen molar-refractivity contribution in [3.05, 3.63) is 0 Å². The summed E-state index contributed by atoms with van der Waals surface area (Å²) in [7, 11) is 0. The van der Waals surface area contributed by atoms with Crippen LogP contribution in [-0.2, 0) is 104 Å². The predicted octanol–water partition coefficient (Wildman–Crippen LogP) is -0.550. The lowest BCUT2D eigenvalue weighted by molar-refractivity contribution is -0.130. The number of carbonyl (C=O) groups is 1. The molecule has 2 N–H and O–H groups in total. The summed E-state index contributed by atoms with van der Waals surface area (Å²) in [5.41, 5.74) is 5.34. The molecule has 0 unspecified atom stereocenters. The minimum atomic E-state index is 0.245. The van der Waals surface area contributed by atoms with Crippen molar-refractivity contribution < 1.29 is 104 Å². The van der Waals surface area contributed by atoms with Crippen LogP contribution in [0.1, 0.15) is 0 Å². The second kappa shape index (κ2) is 63.6. The van der Waals surface area contributed by atoms with Gasteiger partial charge in [0.15, 0.2) is 0 Å². The third kappa shape index (κ3) is 62.6. The van der Waals surface area contributed by atoms with E-state index in [-0.39, 0.29) is 6.61 Å². The molecule has 66 heavy (non-hydrogen) atoms. The SMILES string of the molecule is NCCOCCOCCOCCOCCOCCOCCOCCOCCOCCOCCOCCOCCOCCOCCOCCOCCOCCOCCOCCOCCOC=O. The monoisotopic (exact) mass is 970 g/mol. The number of carbonyl (C=O) groups excluding carboxylic acids is 1. The van der Waals surface area contributed by atoms with E-state index < -0.39 is 0 Å². The van der Waals surface area contributed by atoms with Crippen LogP contribution in [-0.4, -0.2) is 284 Å². The molecule has 0 aliphatic heterocycles. The zero-order valence-electron chi connectivity index (χ0n) is 39.8. The maximum Gasteiger partial charge on any atom is 0.293 e. The molecule has 0 heterocycles. The van der Waals surface area contributed by atoms with Crippen molar-refractivity contribution in [2.24, 2.45) is 5.73 Å². The maximum atomic E-state index is 9.98. The zero-order chi connectivity index (χ0) is 47.3. The first-order valence-corrected chi connectivity index (χ1v) is 23.2. The molecule has 0 saturated carbocycles. The van der Waals surface area contributed by atoms with Crippen LogP contribution in [0.15, 0.2) is 0 Å². The fourth-order valence-electron chi connectivity index (χ4n) is 4.52. The molecule has 396 valence electrons. The van der Waals surface area contributed by atoms with Crippen molar-refractivity contribution in [1.29, 1.82) is 0 Å². The molecule has 0 aromatic rings. The van der Waals surface area contributed by atoms with Gasteiger partial charge in [-0.1, -0.05) is 0 Å². The van der Waals surface area contributed by atoms with Gasteiger partial charge in [0.05, 0.1) is 264 Å². The Kier molecular flexibility index (Phi) is 62.3. The Balaban J connectivity index is 3.07. The topological polar surface area (TPSA) is 237 Å². The highest BCUT2D eigenvalue weighted by molar-refractivity contribution is 5.36. The van der Waals surface area contributed by atoms with E-state index in [1.165, 1.54) is 0 Å². The number of ether oxygens (including phenoxy) is 21. The molecular weight excluding hydrogens is 882 g/mol. The van der Waals surface area contributed by atoms with Gasteiger partial charge in [0.1, 0.15) is 6.61 Å². The first-order chi connectivity index (χ1) is 32.9. The van der Waals surface area contributed by atoms with Crippen molar-refractivity contribution in [2.75, 3.05) is 277 Å². The highest BCUT2D eigenvalue weighted by Crippen LogP contribution is 1.90. The highest BCUT2D eigenvalue weighted by Gasteiger charge is 1.99. The van der Waals surface area contributed by atoms with Gasteiger partial charge in [0.25, 0.3) is 6.47 Å². The molecule has 0 amide bonds. The quantitative estimate of drug-likeness (QED) is 0.0595. The fraction of sp³-hybridized carbons (Fsp3) is 0.977. The lowest BCUT2D eigenvalue weighted by Gasteiger charge is -2.09. The van der Waals surface area contributed by atoms with Gasteiger partial charge in [-0.2, -0.15) is 0 Å². The smallest absolute Gasteiger partial charge is 0.293 e. The summed E-state index contributed by atoms with van der Waals surface area (Å²) in [5, 5.41) is 0. The van der Waals surface area contributed by atoms with Crippen molar-refractivity contribution in [3.63, 3.8) is 0 Å². The highest BCUT2D eigenvalue weighted by atomic mass is 16.6. The van der Waals surface area contributed by atoms with E-state index in [1.54, 1.807) is 0 Å². The summed E-state index contributed by atoms with van der Waals surface area (Å²) in [6, 6.07) is 0. The average molecular weight is 970 g/mol. The number of nitrogens with two attached hydrogens (primary N) is 1. The molecule has 0 fully saturated rings. The second-order valence-electron chi connectivity index (χ2n) is 13.0. The van der Waals surface area contributed by atoms with E-state index in [1.807, 2.05) is 0 Å². The zero-order valence-corrected chi connectivity index (χ0v) is 39.8. The third-order valence-electron chi connectivity index (χ3n) is 7.74. The Morgan fingerprint density at radius 1 is 0.182 bits per heavy atom. The Morgan fingerprint density at radius 2 is 0.288 bits per heavy atom. The summed E-state index contributed by atoms with van der Waals surface area (Å²) < 4.78 is 113. The minimum absolute atomic E-state index is 0.245. The summed E-state index contributed by atoms with van der Waals surface area (Å²) in [4.78, 5) is 9.98. The molecule has 0 radical (unpaired) electrons. The molecule has 23 heteroatoms. The molecule has 0 bridgehead atoms. The molecule has 0 atom stereocenters. The molecule has 0 spiro atoms. The number of hydrogen-bond donors (Lipinski definition) is 1. The Morgan fingerprint density at radius 3 is 0.394 bits per heavy atom. The molecule has 0 saturated heterocycles. The molecule has 0 aromatic heterocycles. The van der Waals surface area contributed by atoms with E-state index in [0.717, 1.165) is 0 Å². The molecule has 23 nitrogen and oxygen atoms in total. The van der Waals surface area contributed by atoms with Crippen molar-refractivity contribution >= 4 is 6.47 Å². The molecule has 0 rings (SSSR count). The third-order valence-corrected chi connectivity index (χ3v) is 7.74. The van der Waals surface area contributed by atoms with E-state index in [0.29, 0.717) is 277 Å². The van der Waals surface area contributed by atoms with Crippen LogP contribution in [0.3, 0.4) is 0 Å². The van der Waals surface area contributed by atoms with Crippen LogP contribution in [0.5, 0.6) is 0 Å². The van der Waals surface area contributed by atoms with E-state index in [2.05, 4.69) is 4.74 Å². The maximum absolute atomic E-state index is 9.98. The lowest BCUT2D eigenvalue weighted by Crippen LogP contribution is -2.16. The fourth-order valence-corrected chi connectivity index (χ4v) is 4.52. The van der Waals surface area contributed by atoms with Gasteiger partial charge in [-0.3, -0.25) is 4.79 Å². The van der Waals surface area contributed by atoms with Crippen LogP contribution in [0, 0.1) is 0 Å². The number of hydrogen-bond acceptors (Lipinski definition) is 23. The standard InChI is InChI=1S/C43H87NO22/c44-1-2-46-3-4-47-5-6-48-7-8-49-9-10-50-11-12-51-13-14-52-15-16-53-17-18-54-19-20-55-21-22-56-23-24-57-25-26-58-27-28-59-29-30-60-31-32-61-33-34-62-35-36-63-37-38-64-39-40-65-41-42-66-43-45/h43H,1-42,44H2. The second-order valence-corrected chi connectivity index (χ2v) is 13.0. The number of rotatable bonds is 63. The first-order valence-electron chi connectivity index (χ1n) is 23.2. The van der Waals surface area contributed by atoms with Crippen LogP contribution in [0.2, 0.25) is 0 Å². The summed E-state index contributed by atoms with van der Waals surface area (Å²) >= 11 is 0. The first kappa shape index (κ1) is 64.6. The summed E-state index contributed by atoms with van der Waals surface area (Å²) in [6.45, 7) is 20.8. The van der Waals surface area contributed by atoms with E-state index >= 15 is 0 Å². The van der Waals surface area contributed by atoms with Gasteiger partial charge >= 0.3 is 0 Å². The normalized spacial score (nSPS) is 11.6. The predicted molar refractivity (Wildman–Crippen MR) is 237 cm³/mol. The molecular formula is C43H87NO22. The van der Waals surface area contributed by atoms with Gasteiger partial charge in [-0.25, -0.2) is 0 Å². The Bertz CT molecular complexity index is 863. The lowest BCUT2D eigenvalue weighted by atomic mass is 10.6. The van der Waals surface area contributed by atoms with Gasteiger partial charge in [0.2, 0.25) is 0 Å². The van der Waals surface area contributed by atoms with Crippen LogP contribution >= 0.6 is 0 Å². The van der Waals surface area contributed by atoms with E-state index in [4.69, 9.17) is 100 Å². The van der Waals surface area contributed by atoms with Gasteiger partial charge in [-0.15, -0.1) is 0 Å². The van der Waals surface area contributed by atoms with Crippen molar-refractivity contribution in [1.82, 2.24) is 0 Å². The van der Waals surface area contributed by atoms with Crippen molar-refractivity contribution in [2.45, 2.75) is 0 Å². The molecule has 0 aliphatic rings. The summed E-state index contributed by atoms with van der Waals surface area (Å²) in [5.74, 6) is 0. The Hall–Kier alpha value is -1.37. The van der Waals surface area contributed by atoms with Crippen LogP contribution in [0.4, 0.5) is 0 Å². The van der Waals surface area contributed by atoms with Crippen molar-refractivity contribution in [3.8, 4) is 0 Å². The Labute approximate surface area is 393 Å². The van der Waals surface area contributed by atoms with Gasteiger partial charge < -0.3 is 105 Å². The molecule has 0 aromatic carbocycles. The average Bonchev–Trinajstić information content (AvgIpc) is 3.33. The largest absolute Gasteiger partial charge is 0.465 e.